The summed E-state index contributed by atoms with van der Waals surface area (Å²) in [7, 11) is 1.99. The van der Waals surface area contributed by atoms with Crippen LogP contribution in [0.1, 0.15) is 19.5 Å². The maximum absolute atomic E-state index is 11.8. The Morgan fingerprint density at radius 1 is 1.53 bits per heavy atom. The van der Waals surface area contributed by atoms with Crippen LogP contribution in [0.15, 0.2) is 17.2 Å². The van der Waals surface area contributed by atoms with Crippen molar-refractivity contribution in [2.24, 2.45) is 11.1 Å². The summed E-state index contributed by atoms with van der Waals surface area (Å²) < 4.78 is 1.31. The summed E-state index contributed by atoms with van der Waals surface area (Å²) in [5.41, 5.74) is 6.33. The number of hydrogen-bond acceptors (Lipinski definition) is 5. The second kappa shape index (κ2) is 5.10. The van der Waals surface area contributed by atoms with E-state index in [4.69, 9.17) is 5.73 Å². The van der Waals surface area contributed by atoms with E-state index in [9.17, 15) is 4.79 Å². The highest BCUT2D eigenvalue weighted by Gasteiger charge is 2.18. The Labute approximate surface area is 111 Å². The first kappa shape index (κ1) is 13.7. The molecule has 2 heterocycles. The number of rotatable bonds is 5. The van der Waals surface area contributed by atoms with Crippen LogP contribution >= 0.6 is 0 Å². The average molecular weight is 264 g/mol. The Kier molecular flexibility index (Phi) is 3.68. The van der Waals surface area contributed by atoms with Gasteiger partial charge in [-0.3, -0.25) is 14.8 Å². The van der Waals surface area contributed by atoms with Crippen LogP contribution in [0.4, 0.5) is 0 Å². The average Bonchev–Trinajstić information content (AvgIpc) is 2.76. The molecule has 7 nitrogen and oxygen atoms in total. The highest BCUT2D eigenvalue weighted by atomic mass is 16.1. The lowest BCUT2D eigenvalue weighted by atomic mass is 9.93. The summed E-state index contributed by atoms with van der Waals surface area (Å²) in [6.07, 6.45) is 1.45. The van der Waals surface area contributed by atoms with E-state index in [1.807, 2.05) is 7.05 Å². The van der Waals surface area contributed by atoms with Gasteiger partial charge in [-0.15, -0.1) is 0 Å². The quantitative estimate of drug-likeness (QED) is 0.782. The van der Waals surface area contributed by atoms with Crippen LogP contribution in [0.3, 0.4) is 0 Å². The molecule has 0 saturated carbocycles. The molecule has 19 heavy (non-hydrogen) atoms. The number of aromatic amines is 1. The van der Waals surface area contributed by atoms with Crippen LogP contribution in [0, 0.1) is 5.41 Å². The van der Waals surface area contributed by atoms with Crippen molar-refractivity contribution in [2.75, 3.05) is 20.1 Å². The van der Waals surface area contributed by atoms with Gasteiger partial charge in [-0.1, -0.05) is 13.8 Å². The summed E-state index contributed by atoms with van der Waals surface area (Å²) in [6, 6.07) is 1.52. The highest BCUT2D eigenvalue weighted by Crippen LogP contribution is 2.14. The normalized spacial score (nSPS) is 12.5. The number of aromatic nitrogens is 4. The predicted molar refractivity (Wildman–Crippen MR) is 72.8 cm³/mol. The molecule has 0 aromatic carbocycles. The number of nitrogens with zero attached hydrogens (tertiary/aromatic N) is 4. The number of nitrogens with one attached hydrogen (secondary N) is 1. The Morgan fingerprint density at radius 3 is 2.95 bits per heavy atom. The lowest BCUT2D eigenvalue weighted by Crippen LogP contribution is -2.36. The number of nitrogens with two attached hydrogens (primary N) is 1. The summed E-state index contributed by atoms with van der Waals surface area (Å²) >= 11 is 0. The third-order valence-corrected chi connectivity index (χ3v) is 3.00. The van der Waals surface area contributed by atoms with Gasteiger partial charge in [-0.2, -0.15) is 4.52 Å². The monoisotopic (exact) mass is 264 g/mol. The Morgan fingerprint density at radius 2 is 2.26 bits per heavy atom. The van der Waals surface area contributed by atoms with Gasteiger partial charge in [0.05, 0.1) is 5.69 Å². The zero-order valence-corrected chi connectivity index (χ0v) is 11.6. The molecule has 104 valence electrons. The maximum Gasteiger partial charge on any atom is 0.274 e. The summed E-state index contributed by atoms with van der Waals surface area (Å²) in [4.78, 5) is 22.2. The van der Waals surface area contributed by atoms with Crippen molar-refractivity contribution in [3.63, 3.8) is 0 Å². The van der Waals surface area contributed by atoms with Crippen molar-refractivity contribution in [1.29, 1.82) is 0 Å². The van der Waals surface area contributed by atoms with E-state index in [1.165, 1.54) is 16.9 Å². The van der Waals surface area contributed by atoms with Crippen LogP contribution in [-0.4, -0.2) is 44.6 Å². The third-order valence-electron chi connectivity index (χ3n) is 3.00. The van der Waals surface area contributed by atoms with Crippen LogP contribution in [0.2, 0.25) is 0 Å². The van der Waals surface area contributed by atoms with Crippen molar-refractivity contribution >= 4 is 5.78 Å². The molecule has 0 spiro atoms. The lowest BCUT2D eigenvalue weighted by molar-refractivity contribution is 0.208. The van der Waals surface area contributed by atoms with E-state index in [2.05, 4.69) is 33.8 Å². The lowest BCUT2D eigenvalue weighted by Gasteiger charge is -2.28. The van der Waals surface area contributed by atoms with Crippen molar-refractivity contribution in [1.82, 2.24) is 24.5 Å². The van der Waals surface area contributed by atoms with E-state index < -0.39 is 0 Å². The van der Waals surface area contributed by atoms with Crippen LogP contribution in [0.25, 0.3) is 5.78 Å². The summed E-state index contributed by atoms with van der Waals surface area (Å²) in [5.74, 6) is 0.397. The minimum atomic E-state index is -0.149. The smallest absolute Gasteiger partial charge is 0.274 e. The Balaban J connectivity index is 2.15. The SMILES string of the molecule is CN(Cc1cc(=O)n2[nH]cnc2n1)CC(C)(C)CN. The number of H-pyrrole nitrogens is 1. The standard InChI is InChI=1S/C12H20N6O/c1-12(2,6-13)7-17(3)5-9-4-10(19)18-11(16-9)14-8-15-18/h4,8H,5-7,13H2,1-3H3,(H,14,15,16). The van der Waals surface area contributed by atoms with Crippen molar-refractivity contribution < 1.29 is 0 Å². The fourth-order valence-electron chi connectivity index (χ4n) is 2.08. The molecule has 0 aliphatic heterocycles. The van der Waals surface area contributed by atoms with Gasteiger partial charge in [0.1, 0.15) is 6.33 Å². The van der Waals surface area contributed by atoms with Gasteiger partial charge in [0, 0.05) is 19.2 Å². The molecule has 0 atom stereocenters. The van der Waals surface area contributed by atoms with Crippen LogP contribution in [-0.2, 0) is 6.54 Å². The minimum Gasteiger partial charge on any atom is -0.330 e. The van der Waals surface area contributed by atoms with Gasteiger partial charge in [-0.05, 0) is 19.0 Å². The van der Waals surface area contributed by atoms with E-state index in [0.29, 0.717) is 24.6 Å². The van der Waals surface area contributed by atoms with Crippen molar-refractivity contribution in [2.45, 2.75) is 20.4 Å². The molecular weight excluding hydrogens is 244 g/mol. The van der Waals surface area contributed by atoms with Gasteiger partial charge < -0.3 is 5.73 Å². The minimum absolute atomic E-state index is 0.0419. The van der Waals surface area contributed by atoms with Crippen molar-refractivity contribution in [3.8, 4) is 0 Å². The first-order valence-electron chi connectivity index (χ1n) is 6.22. The van der Waals surface area contributed by atoms with E-state index in [0.717, 1.165) is 6.54 Å². The summed E-state index contributed by atoms with van der Waals surface area (Å²) in [6.45, 7) is 6.28. The second-order valence-electron chi connectivity index (χ2n) is 5.65. The summed E-state index contributed by atoms with van der Waals surface area (Å²) in [5, 5.41) is 2.72. The van der Waals surface area contributed by atoms with Gasteiger partial charge in [0.2, 0.25) is 0 Å². The molecule has 0 saturated heterocycles. The van der Waals surface area contributed by atoms with Crippen LogP contribution < -0.4 is 11.3 Å². The second-order valence-corrected chi connectivity index (χ2v) is 5.65. The first-order valence-corrected chi connectivity index (χ1v) is 6.22. The predicted octanol–water partition coefficient (Wildman–Crippen LogP) is -0.166. The molecule has 2 rings (SSSR count). The van der Waals surface area contributed by atoms with Gasteiger partial charge >= 0.3 is 0 Å². The topological polar surface area (TPSA) is 92.3 Å². The molecule has 7 heteroatoms. The Hall–Kier alpha value is -1.73. The largest absolute Gasteiger partial charge is 0.330 e. The molecule has 0 fully saturated rings. The van der Waals surface area contributed by atoms with E-state index in [1.54, 1.807) is 0 Å². The zero-order valence-electron chi connectivity index (χ0n) is 11.6. The maximum atomic E-state index is 11.8. The Bertz CT molecular complexity index is 614. The zero-order chi connectivity index (χ0) is 14.0. The first-order chi connectivity index (χ1) is 8.91. The van der Waals surface area contributed by atoms with Gasteiger partial charge in [0.15, 0.2) is 0 Å². The molecule has 0 aliphatic carbocycles. The molecule has 2 aromatic rings. The van der Waals surface area contributed by atoms with E-state index >= 15 is 0 Å². The fourth-order valence-corrected chi connectivity index (χ4v) is 2.08. The molecule has 0 bridgehead atoms. The fraction of sp³-hybridized carbons (Fsp3) is 0.583. The third kappa shape index (κ3) is 3.18. The molecule has 0 radical (unpaired) electrons. The number of fused-ring (bicyclic) bond motifs is 1. The molecular formula is C12H20N6O. The van der Waals surface area contributed by atoms with E-state index in [-0.39, 0.29) is 11.0 Å². The molecule has 2 aromatic heterocycles. The number of hydrogen-bond donors (Lipinski definition) is 2. The molecule has 0 unspecified atom stereocenters. The highest BCUT2D eigenvalue weighted by molar-refractivity contribution is 5.25. The molecule has 0 amide bonds. The molecule has 3 N–H and O–H groups in total. The van der Waals surface area contributed by atoms with Gasteiger partial charge in [-0.25, -0.2) is 9.97 Å². The van der Waals surface area contributed by atoms with Gasteiger partial charge in [0.25, 0.3) is 11.3 Å². The van der Waals surface area contributed by atoms with Crippen molar-refractivity contribution in [3.05, 3.63) is 28.4 Å². The van der Waals surface area contributed by atoms with Crippen LogP contribution in [0.5, 0.6) is 0 Å². The molecule has 0 aliphatic rings.